The van der Waals surface area contributed by atoms with E-state index in [4.69, 9.17) is 9.97 Å². The summed E-state index contributed by atoms with van der Waals surface area (Å²) in [6.45, 7) is 6.73. The van der Waals surface area contributed by atoms with Crippen LogP contribution in [0.3, 0.4) is 0 Å². The largest absolute Gasteiger partial charge is 0.356 e. The Morgan fingerprint density at radius 1 is 0.938 bits per heavy atom. The first kappa shape index (κ1) is 21.7. The molecular formula is C25H37N5O2. The second-order valence-corrected chi connectivity index (χ2v) is 10.3. The number of hydrogen-bond donors (Lipinski definition) is 0. The van der Waals surface area contributed by atoms with Gasteiger partial charge < -0.3 is 14.7 Å². The number of aryl methyl sites for hydroxylation is 1. The predicted molar refractivity (Wildman–Crippen MR) is 124 cm³/mol. The number of rotatable bonds is 5. The summed E-state index contributed by atoms with van der Waals surface area (Å²) >= 11 is 0. The SMILES string of the molecule is Cc1nc(C2CCCN(C(=O)CN3CCCCCC3=O)C2)nc2c1CCCN2CC1CC1. The highest BCUT2D eigenvalue weighted by Crippen LogP contribution is 2.36. The zero-order chi connectivity index (χ0) is 22.1. The van der Waals surface area contributed by atoms with Gasteiger partial charge in [0.1, 0.15) is 11.6 Å². The van der Waals surface area contributed by atoms with Crippen LogP contribution in [0.15, 0.2) is 0 Å². The lowest BCUT2D eigenvalue weighted by atomic mass is 9.96. The summed E-state index contributed by atoms with van der Waals surface area (Å²) in [5, 5.41) is 0. The predicted octanol–water partition coefficient (Wildman–Crippen LogP) is 3.06. The van der Waals surface area contributed by atoms with Crippen LogP contribution in [0.4, 0.5) is 5.82 Å². The number of anilines is 1. The zero-order valence-corrected chi connectivity index (χ0v) is 19.5. The number of carbonyl (C=O) groups is 2. The van der Waals surface area contributed by atoms with Crippen LogP contribution >= 0.6 is 0 Å². The molecule has 2 saturated heterocycles. The average molecular weight is 440 g/mol. The maximum Gasteiger partial charge on any atom is 0.242 e. The lowest BCUT2D eigenvalue weighted by Crippen LogP contribution is -2.46. The number of likely N-dealkylation sites (tertiary alicyclic amines) is 2. The number of carbonyl (C=O) groups excluding carboxylic acids is 2. The van der Waals surface area contributed by atoms with Gasteiger partial charge in [-0.05, 0) is 64.2 Å². The molecule has 7 heteroatoms. The van der Waals surface area contributed by atoms with E-state index in [1.54, 1.807) is 4.90 Å². The first-order valence-electron chi connectivity index (χ1n) is 12.8. The molecule has 1 atom stereocenters. The monoisotopic (exact) mass is 439 g/mol. The van der Waals surface area contributed by atoms with Gasteiger partial charge in [0, 0.05) is 56.3 Å². The number of hydrogen-bond acceptors (Lipinski definition) is 5. The fourth-order valence-corrected chi connectivity index (χ4v) is 5.56. The fourth-order valence-electron chi connectivity index (χ4n) is 5.56. The molecule has 0 N–H and O–H groups in total. The van der Waals surface area contributed by atoms with E-state index < -0.39 is 0 Å². The normalized spacial score (nSPS) is 24.3. The summed E-state index contributed by atoms with van der Waals surface area (Å²) in [7, 11) is 0. The molecule has 1 aromatic heterocycles. The van der Waals surface area contributed by atoms with Crippen LogP contribution in [-0.2, 0) is 16.0 Å². The molecule has 0 radical (unpaired) electrons. The molecule has 7 nitrogen and oxygen atoms in total. The van der Waals surface area contributed by atoms with Crippen molar-refractivity contribution in [3.05, 3.63) is 17.1 Å². The van der Waals surface area contributed by atoms with E-state index in [1.807, 2.05) is 4.90 Å². The summed E-state index contributed by atoms with van der Waals surface area (Å²) in [5.41, 5.74) is 2.44. The highest BCUT2D eigenvalue weighted by Gasteiger charge is 2.32. The summed E-state index contributed by atoms with van der Waals surface area (Å²) in [6, 6.07) is 0. The van der Waals surface area contributed by atoms with Crippen LogP contribution in [0.2, 0.25) is 0 Å². The Morgan fingerprint density at radius 2 is 1.78 bits per heavy atom. The van der Waals surface area contributed by atoms with Crippen molar-refractivity contribution in [2.45, 2.75) is 77.0 Å². The maximum absolute atomic E-state index is 13.1. The molecule has 174 valence electrons. The number of nitrogens with zero attached hydrogens (tertiary/aromatic N) is 5. The van der Waals surface area contributed by atoms with E-state index in [0.717, 1.165) is 81.4 Å². The first-order chi connectivity index (χ1) is 15.6. The maximum atomic E-state index is 13.1. The van der Waals surface area contributed by atoms with Gasteiger partial charge in [0.2, 0.25) is 11.8 Å². The van der Waals surface area contributed by atoms with Gasteiger partial charge in [-0.25, -0.2) is 9.97 Å². The van der Waals surface area contributed by atoms with Crippen LogP contribution in [0.1, 0.15) is 80.8 Å². The average Bonchev–Trinajstić information content (AvgIpc) is 3.64. The molecule has 0 aromatic carbocycles. The second kappa shape index (κ2) is 9.36. The molecule has 0 bridgehead atoms. The first-order valence-corrected chi connectivity index (χ1v) is 12.8. The number of amides is 2. The van der Waals surface area contributed by atoms with Gasteiger partial charge >= 0.3 is 0 Å². The van der Waals surface area contributed by atoms with Crippen LogP contribution in [-0.4, -0.2) is 70.9 Å². The molecule has 4 aliphatic rings. The van der Waals surface area contributed by atoms with Crippen molar-refractivity contribution in [3.63, 3.8) is 0 Å². The van der Waals surface area contributed by atoms with Crippen LogP contribution in [0, 0.1) is 12.8 Å². The lowest BCUT2D eigenvalue weighted by molar-refractivity contribution is -0.140. The van der Waals surface area contributed by atoms with Gasteiger partial charge in [0.15, 0.2) is 0 Å². The van der Waals surface area contributed by atoms with Crippen molar-refractivity contribution >= 4 is 17.6 Å². The molecule has 1 aromatic rings. The van der Waals surface area contributed by atoms with E-state index in [2.05, 4.69) is 11.8 Å². The third-order valence-electron chi connectivity index (χ3n) is 7.68. The van der Waals surface area contributed by atoms with Gasteiger partial charge in [0.05, 0.1) is 6.54 Å². The van der Waals surface area contributed by atoms with Crippen LogP contribution in [0.5, 0.6) is 0 Å². The Kier molecular flexibility index (Phi) is 6.33. The third-order valence-corrected chi connectivity index (χ3v) is 7.68. The number of aromatic nitrogens is 2. The molecule has 1 aliphatic carbocycles. The molecule has 4 heterocycles. The fraction of sp³-hybridized carbons (Fsp3) is 0.760. The molecule has 5 rings (SSSR count). The smallest absolute Gasteiger partial charge is 0.242 e. The van der Waals surface area contributed by atoms with E-state index >= 15 is 0 Å². The third kappa shape index (κ3) is 4.76. The molecule has 0 spiro atoms. The number of fused-ring (bicyclic) bond motifs is 1. The van der Waals surface area contributed by atoms with Crippen molar-refractivity contribution in [2.75, 3.05) is 44.2 Å². The van der Waals surface area contributed by atoms with Gasteiger partial charge in [-0.3, -0.25) is 9.59 Å². The highest BCUT2D eigenvalue weighted by molar-refractivity contribution is 5.85. The topological polar surface area (TPSA) is 69.6 Å². The summed E-state index contributed by atoms with van der Waals surface area (Å²) in [4.78, 5) is 41.7. The quantitative estimate of drug-likeness (QED) is 0.705. The van der Waals surface area contributed by atoms with Crippen molar-refractivity contribution in [3.8, 4) is 0 Å². The van der Waals surface area contributed by atoms with Crippen molar-refractivity contribution in [2.24, 2.45) is 5.92 Å². The Bertz CT molecular complexity index is 868. The standard InChI is InChI=1S/C25H37N5O2/c1-18-21-8-6-14-30(15-19-10-11-19)25(21)27-24(26-18)20-7-5-13-28(16-20)23(32)17-29-12-4-2-3-9-22(29)31/h19-20H,2-17H2,1H3. The van der Waals surface area contributed by atoms with E-state index in [-0.39, 0.29) is 24.3 Å². The van der Waals surface area contributed by atoms with Crippen LogP contribution < -0.4 is 4.90 Å². The van der Waals surface area contributed by atoms with Gasteiger partial charge in [-0.2, -0.15) is 0 Å². The van der Waals surface area contributed by atoms with Gasteiger partial charge in [-0.15, -0.1) is 0 Å². The van der Waals surface area contributed by atoms with Crippen LogP contribution in [0.25, 0.3) is 0 Å². The Hall–Kier alpha value is -2.18. The second-order valence-electron chi connectivity index (χ2n) is 10.3. The van der Waals surface area contributed by atoms with Gasteiger partial charge in [0.25, 0.3) is 0 Å². The molecule has 1 unspecified atom stereocenters. The minimum Gasteiger partial charge on any atom is -0.356 e. The molecule has 3 fully saturated rings. The number of piperidine rings is 1. The Labute approximate surface area is 191 Å². The van der Waals surface area contributed by atoms with E-state index in [1.165, 1.54) is 24.8 Å². The lowest BCUT2D eigenvalue weighted by Gasteiger charge is -2.35. The summed E-state index contributed by atoms with van der Waals surface area (Å²) in [6.07, 6.45) is 10.5. The molecule has 2 amide bonds. The van der Waals surface area contributed by atoms with E-state index in [9.17, 15) is 9.59 Å². The summed E-state index contributed by atoms with van der Waals surface area (Å²) < 4.78 is 0. The highest BCUT2D eigenvalue weighted by atomic mass is 16.2. The van der Waals surface area contributed by atoms with E-state index in [0.29, 0.717) is 19.5 Å². The molecule has 32 heavy (non-hydrogen) atoms. The minimum atomic E-state index is 0.0787. The molecule has 3 aliphatic heterocycles. The van der Waals surface area contributed by atoms with Crippen molar-refractivity contribution in [1.29, 1.82) is 0 Å². The Balaban J connectivity index is 1.29. The minimum absolute atomic E-state index is 0.0787. The van der Waals surface area contributed by atoms with Gasteiger partial charge in [-0.1, -0.05) is 6.42 Å². The van der Waals surface area contributed by atoms with Crippen molar-refractivity contribution in [1.82, 2.24) is 19.8 Å². The molecule has 1 saturated carbocycles. The molecular weight excluding hydrogens is 402 g/mol. The summed E-state index contributed by atoms with van der Waals surface area (Å²) in [5.74, 6) is 3.30. The van der Waals surface area contributed by atoms with Crippen molar-refractivity contribution < 1.29 is 9.59 Å². The Morgan fingerprint density at radius 3 is 2.62 bits per heavy atom. The zero-order valence-electron chi connectivity index (χ0n) is 19.5.